The van der Waals surface area contributed by atoms with Crippen molar-refractivity contribution in [3.05, 3.63) is 30.1 Å². The molecule has 4 nitrogen and oxygen atoms in total. The Kier molecular flexibility index (Phi) is 7.92. The number of rotatable bonds is 4. The SMILES string of the molecule is CC1CCN(C(N)=NCC(C)Oc2ccccc2F)CC1.I. The van der Waals surface area contributed by atoms with Crippen molar-refractivity contribution >= 4 is 29.9 Å². The van der Waals surface area contributed by atoms with Crippen molar-refractivity contribution in [2.45, 2.75) is 32.8 Å². The lowest BCUT2D eigenvalue weighted by atomic mass is 10.00. The number of para-hydroxylation sites is 1. The first-order chi connectivity index (χ1) is 10.1. The van der Waals surface area contributed by atoms with E-state index in [-0.39, 0.29) is 41.6 Å². The van der Waals surface area contributed by atoms with Gasteiger partial charge in [0.2, 0.25) is 0 Å². The fourth-order valence-corrected chi connectivity index (χ4v) is 2.35. The molecule has 6 heteroatoms. The number of hydrogen-bond acceptors (Lipinski definition) is 2. The quantitative estimate of drug-likeness (QED) is 0.462. The van der Waals surface area contributed by atoms with Crippen LogP contribution < -0.4 is 10.5 Å². The van der Waals surface area contributed by atoms with Crippen LogP contribution in [0.4, 0.5) is 4.39 Å². The Morgan fingerprint density at radius 3 is 2.68 bits per heavy atom. The van der Waals surface area contributed by atoms with Gasteiger partial charge in [0.25, 0.3) is 0 Å². The Labute approximate surface area is 148 Å². The molecule has 22 heavy (non-hydrogen) atoms. The minimum atomic E-state index is -0.355. The molecule has 2 N–H and O–H groups in total. The molecule has 0 aromatic heterocycles. The maximum absolute atomic E-state index is 13.5. The zero-order valence-electron chi connectivity index (χ0n) is 13.2. The predicted octanol–water partition coefficient (Wildman–Crippen LogP) is 3.26. The highest BCUT2D eigenvalue weighted by Gasteiger charge is 2.17. The van der Waals surface area contributed by atoms with E-state index in [0.29, 0.717) is 12.5 Å². The van der Waals surface area contributed by atoms with Gasteiger partial charge in [-0.15, -0.1) is 24.0 Å². The number of likely N-dealkylation sites (tertiary alicyclic amines) is 1. The summed E-state index contributed by atoms with van der Waals surface area (Å²) in [4.78, 5) is 6.48. The van der Waals surface area contributed by atoms with Crippen molar-refractivity contribution < 1.29 is 9.13 Å². The summed E-state index contributed by atoms with van der Waals surface area (Å²) < 4.78 is 19.0. The molecule has 1 atom stereocenters. The zero-order valence-corrected chi connectivity index (χ0v) is 15.5. The number of benzene rings is 1. The van der Waals surface area contributed by atoms with E-state index in [0.717, 1.165) is 31.8 Å². The third-order valence-corrected chi connectivity index (χ3v) is 3.78. The zero-order chi connectivity index (χ0) is 15.2. The molecule has 1 aromatic rings. The van der Waals surface area contributed by atoms with E-state index < -0.39 is 0 Å². The summed E-state index contributed by atoms with van der Waals surface area (Å²) in [6.45, 7) is 6.46. The van der Waals surface area contributed by atoms with Crippen LogP contribution in [-0.4, -0.2) is 36.6 Å². The van der Waals surface area contributed by atoms with Crippen molar-refractivity contribution in [3.63, 3.8) is 0 Å². The van der Waals surface area contributed by atoms with Crippen LogP contribution in [-0.2, 0) is 0 Å². The van der Waals surface area contributed by atoms with Gasteiger partial charge in [-0.3, -0.25) is 0 Å². The summed E-state index contributed by atoms with van der Waals surface area (Å²) in [6, 6.07) is 6.39. The monoisotopic (exact) mass is 421 g/mol. The molecule has 0 bridgehead atoms. The van der Waals surface area contributed by atoms with Gasteiger partial charge in [0.1, 0.15) is 6.10 Å². The summed E-state index contributed by atoms with van der Waals surface area (Å²) in [6.07, 6.45) is 2.08. The van der Waals surface area contributed by atoms with Crippen LogP contribution in [0, 0.1) is 11.7 Å². The summed E-state index contributed by atoms with van der Waals surface area (Å²) >= 11 is 0. The highest BCUT2D eigenvalue weighted by atomic mass is 127. The maximum atomic E-state index is 13.5. The van der Waals surface area contributed by atoms with Crippen molar-refractivity contribution in [2.24, 2.45) is 16.6 Å². The molecule has 1 fully saturated rings. The average molecular weight is 421 g/mol. The van der Waals surface area contributed by atoms with E-state index in [9.17, 15) is 4.39 Å². The number of ether oxygens (including phenoxy) is 1. The summed E-state index contributed by atoms with van der Waals surface area (Å²) in [5, 5.41) is 0. The smallest absolute Gasteiger partial charge is 0.191 e. The molecule has 0 radical (unpaired) electrons. The van der Waals surface area contributed by atoms with Gasteiger partial charge in [0, 0.05) is 13.1 Å². The second-order valence-corrected chi connectivity index (χ2v) is 5.73. The normalized spacial score (nSPS) is 17.8. The highest BCUT2D eigenvalue weighted by molar-refractivity contribution is 14.0. The predicted molar refractivity (Wildman–Crippen MR) is 98.4 cm³/mol. The van der Waals surface area contributed by atoms with Crippen molar-refractivity contribution in [1.29, 1.82) is 0 Å². The third-order valence-electron chi connectivity index (χ3n) is 3.78. The lowest BCUT2D eigenvalue weighted by Crippen LogP contribution is -2.43. The molecule has 1 aliphatic heterocycles. The van der Waals surface area contributed by atoms with E-state index in [2.05, 4.69) is 16.8 Å². The van der Waals surface area contributed by atoms with Gasteiger partial charge >= 0.3 is 0 Å². The first-order valence-electron chi connectivity index (χ1n) is 7.52. The van der Waals surface area contributed by atoms with Crippen LogP contribution in [0.25, 0.3) is 0 Å². The van der Waals surface area contributed by atoms with E-state index >= 15 is 0 Å². The molecule has 0 aliphatic carbocycles. The lowest BCUT2D eigenvalue weighted by Gasteiger charge is -2.31. The van der Waals surface area contributed by atoms with Gasteiger partial charge in [0.05, 0.1) is 6.54 Å². The Hall–Kier alpha value is -1.05. The summed E-state index contributed by atoms with van der Waals surface area (Å²) in [5.41, 5.74) is 6.01. The molecular weight excluding hydrogens is 396 g/mol. The fourth-order valence-electron chi connectivity index (χ4n) is 2.35. The van der Waals surface area contributed by atoms with Crippen LogP contribution in [0.2, 0.25) is 0 Å². The number of nitrogens with zero attached hydrogens (tertiary/aromatic N) is 2. The van der Waals surface area contributed by atoms with Crippen LogP contribution in [0.3, 0.4) is 0 Å². The Morgan fingerprint density at radius 2 is 2.05 bits per heavy atom. The average Bonchev–Trinajstić information content (AvgIpc) is 2.48. The first-order valence-corrected chi connectivity index (χ1v) is 7.52. The molecule has 1 aromatic carbocycles. The number of guanidine groups is 1. The first kappa shape index (κ1) is 19.0. The topological polar surface area (TPSA) is 50.8 Å². The molecule has 1 aliphatic rings. The number of halogens is 2. The number of nitrogens with two attached hydrogens (primary N) is 1. The number of aliphatic imine (C=N–C) groups is 1. The second-order valence-electron chi connectivity index (χ2n) is 5.73. The maximum Gasteiger partial charge on any atom is 0.191 e. The van der Waals surface area contributed by atoms with Gasteiger partial charge in [0.15, 0.2) is 17.5 Å². The van der Waals surface area contributed by atoms with Gasteiger partial charge in [-0.1, -0.05) is 19.1 Å². The Bertz CT molecular complexity index is 490. The molecule has 1 saturated heterocycles. The number of piperidine rings is 1. The van der Waals surface area contributed by atoms with Gasteiger partial charge in [-0.25, -0.2) is 9.38 Å². The molecule has 0 saturated carbocycles. The van der Waals surface area contributed by atoms with Crippen molar-refractivity contribution in [2.75, 3.05) is 19.6 Å². The Morgan fingerprint density at radius 1 is 1.41 bits per heavy atom. The highest BCUT2D eigenvalue weighted by Crippen LogP contribution is 2.17. The van der Waals surface area contributed by atoms with Crippen molar-refractivity contribution in [1.82, 2.24) is 4.90 Å². The minimum absolute atomic E-state index is 0. The second kappa shape index (κ2) is 9.17. The number of hydrogen-bond donors (Lipinski definition) is 1. The standard InChI is InChI=1S/C16H24FN3O.HI/c1-12-7-9-20(10-8-12)16(18)19-11-13(2)21-15-6-4-3-5-14(15)17;/h3-6,12-13H,7-11H2,1-2H3,(H2,18,19);1H. The fraction of sp³-hybridized carbons (Fsp3) is 0.562. The van der Waals surface area contributed by atoms with Crippen LogP contribution in [0.15, 0.2) is 29.3 Å². The van der Waals surface area contributed by atoms with Gasteiger partial charge < -0.3 is 15.4 Å². The molecule has 1 heterocycles. The van der Waals surface area contributed by atoms with E-state index in [1.807, 2.05) is 6.92 Å². The Balaban J connectivity index is 0.00000242. The third kappa shape index (κ3) is 5.62. The van der Waals surface area contributed by atoms with Crippen LogP contribution >= 0.6 is 24.0 Å². The van der Waals surface area contributed by atoms with Crippen molar-refractivity contribution in [3.8, 4) is 5.75 Å². The summed E-state index contributed by atoms with van der Waals surface area (Å²) in [7, 11) is 0. The van der Waals surface area contributed by atoms with Gasteiger partial charge in [-0.05, 0) is 37.8 Å². The lowest BCUT2D eigenvalue weighted by molar-refractivity contribution is 0.218. The molecule has 0 spiro atoms. The minimum Gasteiger partial charge on any atom is -0.486 e. The van der Waals surface area contributed by atoms with Crippen LogP contribution in [0.5, 0.6) is 5.75 Å². The molecule has 1 unspecified atom stereocenters. The molecule has 2 rings (SSSR count). The van der Waals surface area contributed by atoms with E-state index in [4.69, 9.17) is 10.5 Å². The van der Waals surface area contributed by atoms with Gasteiger partial charge in [-0.2, -0.15) is 0 Å². The summed E-state index contributed by atoms with van der Waals surface area (Å²) in [5.74, 6) is 1.22. The van der Waals surface area contributed by atoms with E-state index in [1.165, 1.54) is 6.07 Å². The molecule has 0 amide bonds. The molecular formula is C16H25FIN3O. The van der Waals surface area contributed by atoms with E-state index in [1.54, 1.807) is 18.2 Å². The largest absolute Gasteiger partial charge is 0.486 e. The molecule has 124 valence electrons. The van der Waals surface area contributed by atoms with Crippen LogP contribution in [0.1, 0.15) is 26.7 Å².